The molecule has 3 rings (SSSR count). The number of hydrogen-bond acceptors (Lipinski definition) is 4. The molecule has 1 heterocycles. The van der Waals surface area contributed by atoms with Crippen LogP contribution in [0.4, 0.5) is 5.82 Å². The Morgan fingerprint density at radius 3 is 2.50 bits per heavy atom. The summed E-state index contributed by atoms with van der Waals surface area (Å²) in [5.74, 6) is 0.728. The Hall–Kier alpha value is -3.41. The van der Waals surface area contributed by atoms with Crippen molar-refractivity contribution in [2.45, 2.75) is 40.5 Å². The van der Waals surface area contributed by atoms with Crippen molar-refractivity contribution in [2.24, 2.45) is 0 Å². The number of benzene rings is 2. The van der Waals surface area contributed by atoms with E-state index < -0.39 is 0 Å². The average molecular weight is 405 g/mol. The molecule has 2 aromatic carbocycles. The summed E-state index contributed by atoms with van der Waals surface area (Å²) in [4.78, 5) is 25.8. The third-order valence-electron chi connectivity index (χ3n) is 5.10. The molecule has 156 valence electrons. The molecule has 0 saturated heterocycles. The van der Waals surface area contributed by atoms with Crippen LogP contribution in [0.25, 0.3) is 16.8 Å². The van der Waals surface area contributed by atoms with Crippen molar-refractivity contribution in [3.8, 4) is 22.6 Å². The van der Waals surface area contributed by atoms with Gasteiger partial charge in [-0.1, -0.05) is 31.2 Å². The van der Waals surface area contributed by atoms with Crippen molar-refractivity contribution in [1.29, 1.82) is 0 Å². The third-order valence-corrected chi connectivity index (χ3v) is 5.10. The zero-order chi connectivity index (χ0) is 21.8. The molecule has 0 aliphatic carbocycles. The Balaban J connectivity index is 2.37. The van der Waals surface area contributed by atoms with Crippen LogP contribution in [0.3, 0.4) is 0 Å². The van der Waals surface area contributed by atoms with Gasteiger partial charge in [0.2, 0.25) is 11.3 Å². The van der Waals surface area contributed by atoms with E-state index >= 15 is 0 Å². The van der Waals surface area contributed by atoms with Crippen molar-refractivity contribution in [3.05, 3.63) is 69.5 Å². The number of methoxy groups -OCH3 is 1. The first-order chi connectivity index (χ1) is 14.4. The molecule has 0 saturated carbocycles. The molecule has 1 amide bonds. The minimum absolute atomic E-state index is 0.170. The highest BCUT2D eigenvalue weighted by Gasteiger charge is 2.22. The average Bonchev–Trinajstić information content (AvgIpc) is 2.73. The number of para-hydroxylation sites is 1. The van der Waals surface area contributed by atoms with Crippen LogP contribution in [-0.2, 0) is 4.79 Å². The predicted octanol–water partition coefficient (Wildman–Crippen LogP) is 4.57. The minimum Gasteiger partial charge on any atom is -0.496 e. The smallest absolute Gasteiger partial charge is 0.225 e. The fourth-order valence-electron chi connectivity index (χ4n) is 3.32. The van der Waals surface area contributed by atoms with Crippen LogP contribution < -0.4 is 15.5 Å². The van der Waals surface area contributed by atoms with Crippen molar-refractivity contribution in [1.82, 2.24) is 9.78 Å². The molecule has 3 aromatic rings. The highest BCUT2D eigenvalue weighted by Crippen LogP contribution is 2.34. The lowest BCUT2D eigenvalue weighted by Crippen LogP contribution is -2.25. The van der Waals surface area contributed by atoms with E-state index in [9.17, 15) is 9.59 Å². The van der Waals surface area contributed by atoms with E-state index in [-0.39, 0.29) is 11.3 Å². The summed E-state index contributed by atoms with van der Waals surface area (Å²) in [6.45, 7) is 7.67. The molecule has 6 heteroatoms. The summed E-state index contributed by atoms with van der Waals surface area (Å²) in [6, 6.07) is 13.2. The summed E-state index contributed by atoms with van der Waals surface area (Å²) in [5.41, 5.74) is 4.08. The van der Waals surface area contributed by atoms with E-state index in [4.69, 9.17) is 4.74 Å². The van der Waals surface area contributed by atoms with Gasteiger partial charge >= 0.3 is 0 Å². The second-order valence-electron chi connectivity index (χ2n) is 7.32. The van der Waals surface area contributed by atoms with E-state index in [0.29, 0.717) is 41.2 Å². The largest absolute Gasteiger partial charge is 0.496 e. The second-order valence-corrected chi connectivity index (χ2v) is 7.32. The van der Waals surface area contributed by atoms with Crippen molar-refractivity contribution in [3.63, 3.8) is 0 Å². The Labute approximate surface area is 176 Å². The number of anilines is 1. The van der Waals surface area contributed by atoms with Gasteiger partial charge in [-0.2, -0.15) is 5.10 Å². The molecule has 0 radical (unpaired) electrons. The fraction of sp³-hybridized carbons (Fsp3) is 0.292. The SMILES string of the molecule is CCCC(=O)Nc1c(-c2ccccc2OC)c(=O)c(C)nn1-c1ccc(C)c(C)c1. The number of carbonyl (C=O) groups is 1. The number of aromatic nitrogens is 2. The normalized spacial score (nSPS) is 10.7. The summed E-state index contributed by atoms with van der Waals surface area (Å²) < 4.78 is 7.14. The van der Waals surface area contributed by atoms with E-state index in [0.717, 1.165) is 16.8 Å². The molecule has 0 fully saturated rings. The number of aryl methyl sites for hydroxylation is 3. The van der Waals surface area contributed by atoms with Crippen LogP contribution in [0.15, 0.2) is 47.3 Å². The first-order valence-electron chi connectivity index (χ1n) is 10.0. The molecule has 0 unspecified atom stereocenters. The van der Waals surface area contributed by atoms with Crippen LogP contribution in [0.1, 0.15) is 36.6 Å². The lowest BCUT2D eigenvalue weighted by molar-refractivity contribution is -0.116. The maximum Gasteiger partial charge on any atom is 0.225 e. The maximum absolute atomic E-state index is 13.2. The van der Waals surface area contributed by atoms with Gasteiger partial charge in [0.25, 0.3) is 0 Å². The molecule has 30 heavy (non-hydrogen) atoms. The highest BCUT2D eigenvalue weighted by molar-refractivity contribution is 5.95. The molecule has 0 bridgehead atoms. The molecule has 0 aliphatic rings. The number of rotatable bonds is 6. The van der Waals surface area contributed by atoms with Crippen LogP contribution in [0.5, 0.6) is 5.75 Å². The van der Waals surface area contributed by atoms with E-state index in [1.54, 1.807) is 24.8 Å². The molecule has 6 nitrogen and oxygen atoms in total. The number of hydrogen-bond donors (Lipinski definition) is 1. The number of carbonyl (C=O) groups excluding carboxylic acids is 1. The van der Waals surface area contributed by atoms with Crippen LogP contribution in [0, 0.1) is 20.8 Å². The molecule has 1 N–H and O–H groups in total. The lowest BCUT2D eigenvalue weighted by atomic mass is 10.0. The third kappa shape index (κ3) is 4.13. The number of ether oxygens (including phenoxy) is 1. The van der Waals surface area contributed by atoms with Gasteiger partial charge in [-0.05, 0) is 56.5 Å². The monoisotopic (exact) mass is 405 g/mol. The van der Waals surface area contributed by atoms with E-state index in [1.165, 1.54) is 0 Å². The second kappa shape index (κ2) is 8.95. The van der Waals surface area contributed by atoms with Gasteiger partial charge in [0.15, 0.2) is 0 Å². The number of amides is 1. The Morgan fingerprint density at radius 1 is 1.10 bits per heavy atom. The molecule has 0 spiro atoms. The van der Waals surface area contributed by atoms with Crippen LogP contribution >= 0.6 is 0 Å². The van der Waals surface area contributed by atoms with Gasteiger partial charge in [0, 0.05) is 12.0 Å². The Bertz CT molecular complexity index is 1150. The quantitative estimate of drug-likeness (QED) is 0.652. The Morgan fingerprint density at radius 2 is 1.83 bits per heavy atom. The zero-order valence-corrected chi connectivity index (χ0v) is 18.1. The van der Waals surface area contributed by atoms with E-state index in [1.807, 2.05) is 57.2 Å². The topological polar surface area (TPSA) is 73.2 Å². The number of nitrogens with one attached hydrogen (secondary N) is 1. The van der Waals surface area contributed by atoms with Crippen molar-refractivity contribution >= 4 is 11.7 Å². The minimum atomic E-state index is -0.244. The zero-order valence-electron chi connectivity index (χ0n) is 18.1. The van der Waals surface area contributed by atoms with Gasteiger partial charge in [0.1, 0.15) is 17.3 Å². The number of nitrogens with zero attached hydrogens (tertiary/aromatic N) is 2. The Kier molecular flexibility index (Phi) is 6.35. The standard InChI is InChI=1S/C24H27N3O3/c1-6-9-21(28)25-24-22(19-10-7-8-11-20(19)30-5)23(29)17(4)26-27(24)18-13-12-15(2)16(3)14-18/h7-8,10-14H,6,9H2,1-5H3,(H,25,28). The summed E-state index contributed by atoms with van der Waals surface area (Å²) >= 11 is 0. The highest BCUT2D eigenvalue weighted by atomic mass is 16.5. The van der Waals surface area contributed by atoms with Crippen molar-refractivity contribution in [2.75, 3.05) is 12.4 Å². The van der Waals surface area contributed by atoms with Gasteiger partial charge in [0.05, 0.1) is 18.4 Å². The summed E-state index contributed by atoms with van der Waals surface area (Å²) in [7, 11) is 1.56. The van der Waals surface area contributed by atoms with Gasteiger partial charge in [-0.3, -0.25) is 9.59 Å². The van der Waals surface area contributed by atoms with Crippen LogP contribution in [-0.4, -0.2) is 22.8 Å². The van der Waals surface area contributed by atoms with Crippen molar-refractivity contribution < 1.29 is 9.53 Å². The van der Waals surface area contributed by atoms with E-state index in [2.05, 4.69) is 10.4 Å². The summed E-state index contributed by atoms with van der Waals surface area (Å²) in [5, 5.41) is 7.45. The van der Waals surface area contributed by atoms with Gasteiger partial charge < -0.3 is 10.1 Å². The molecular weight excluding hydrogens is 378 g/mol. The first kappa shape index (κ1) is 21.3. The van der Waals surface area contributed by atoms with Crippen LogP contribution in [0.2, 0.25) is 0 Å². The van der Waals surface area contributed by atoms with Gasteiger partial charge in [-0.15, -0.1) is 0 Å². The molecule has 1 aromatic heterocycles. The molecule has 0 aliphatic heterocycles. The predicted molar refractivity (Wildman–Crippen MR) is 120 cm³/mol. The maximum atomic E-state index is 13.2. The fourth-order valence-corrected chi connectivity index (χ4v) is 3.32. The summed E-state index contributed by atoms with van der Waals surface area (Å²) in [6.07, 6.45) is 1.04. The lowest BCUT2D eigenvalue weighted by Gasteiger charge is -2.20. The first-order valence-corrected chi connectivity index (χ1v) is 10.0. The van der Waals surface area contributed by atoms with Gasteiger partial charge in [-0.25, -0.2) is 4.68 Å². The molecular formula is C24H27N3O3. The molecule has 0 atom stereocenters.